The van der Waals surface area contributed by atoms with Crippen molar-refractivity contribution in [2.45, 2.75) is 19.8 Å². The standard InChI is InChI=1S/C16H14ClF2NO/c1-10-2-5-12(17)9-15(10)20-16(21)7-4-11-3-6-13(18)14(19)8-11/h2-3,5-6,8-9H,4,7H2,1H3,(H,20,21). The SMILES string of the molecule is Cc1ccc(Cl)cc1NC(=O)CCc1ccc(F)c(F)c1. The number of anilines is 1. The van der Waals surface area contributed by atoms with E-state index in [1.807, 2.05) is 13.0 Å². The highest BCUT2D eigenvalue weighted by atomic mass is 35.5. The molecule has 0 radical (unpaired) electrons. The molecule has 0 bridgehead atoms. The fraction of sp³-hybridized carbons (Fsp3) is 0.188. The Labute approximate surface area is 126 Å². The van der Waals surface area contributed by atoms with Crippen molar-refractivity contribution in [1.82, 2.24) is 0 Å². The van der Waals surface area contributed by atoms with Gasteiger partial charge in [0.15, 0.2) is 11.6 Å². The van der Waals surface area contributed by atoms with E-state index in [4.69, 9.17) is 11.6 Å². The van der Waals surface area contributed by atoms with Crippen molar-refractivity contribution in [1.29, 1.82) is 0 Å². The Morgan fingerprint density at radius 3 is 2.62 bits per heavy atom. The number of hydrogen-bond donors (Lipinski definition) is 1. The predicted octanol–water partition coefficient (Wildman–Crippen LogP) is 4.50. The Kier molecular flexibility index (Phi) is 4.91. The van der Waals surface area contributed by atoms with E-state index < -0.39 is 11.6 Å². The van der Waals surface area contributed by atoms with Crippen LogP contribution in [-0.4, -0.2) is 5.91 Å². The fourth-order valence-corrected chi connectivity index (χ4v) is 2.07. The van der Waals surface area contributed by atoms with Gasteiger partial charge in [0, 0.05) is 17.1 Å². The average molecular weight is 310 g/mol. The van der Waals surface area contributed by atoms with E-state index in [9.17, 15) is 13.6 Å². The number of aryl methyl sites for hydroxylation is 2. The van der Waals surface area contributed by atoms with E-state index >= 15 is 0 Å². The molecule has 0 aliphatic heterocycles. The van der Waals surface area contributed by atoms with Crippen molar-refractivity contribution < 1.29 is 13.6 Å². The second-order valence-electron chi connectivity index (χ2n) is 4.76. The smallest absolute Gasteiger partial charge is 0.224 e. The number of hydrogen-bond acceptors (Lipinski definition) is 1. The van der Waals surface area contributed by atoms with Crippen LogP contribution in [0.4, 0.5) is 14.5 Å². The first-order valence-corrected chi connectivity index (χ1v) is 6.83. The normalized spacial score (nSPS) is 10.5. The van der Waals surface area contributed by atoms with E-state index in [1.54, 1.807) is 12.1 Å². The van der Waals surface area contributed by atoms with Crippen LogP contribution in [-0.2, 0) is 11.2 Å². The summed E-state index contributed by atoms with van der Waals surface area (Å²) in [4.78, 5) is 11.9. The summed E-state index contributed by atoms with van der Waals surface area (Å²) in [5.41, 5.74) is 2.13. The summed E-state index contributed by atoms with van der Waals surface area (Å²) in [6.07, 6.45) is 0.514. The average Bonchev–Trinajstić information content (AvgIpc) is 2.44. The Balaban J connectivity index is 1.95. The third-order valence-electron chi connectivity index (χ3n) is 3.10. The van der Waals surface area contributed by atoms with Crippen molar-refractivity contribution in [2.75, 3.05) is 5.32 Å². The van der Waals surface area contributed by atoms with E-state index in [0.29, 0.717) is 22.7 Å². The third-order valence-corrected chi connectivity index (χ3v) is 3.33. The molecule has 0 aliphatic rings. The summed E-state index contributed by atoms with van der Waals surface area (Å²) in [5.74, 6) is -2.00. The van der Waals surface area contributed by atoms with Crippen LogP contribution in [0.25, 0.3) is 0 Å². The van der Waals surface area contributed by atoms with Crippen LogP contribution in [0.5, 0.6) is 0 Å². The fourth-order valence-electron chi connectivity index (χ4n) is 1.89. The van der Waals surface area contributed by atoms with Gasteiger partial charge in [0.05, 0.1) is 0 Å². The second kappa shape index (κ2) is 6.68. The maximum absolute atomic E-state index is 13.1. The molecule has 21 heavy (non-hydrogen) atoms. The molecule has 1 N–H and O–H groups in total. The van der Waals surface area contributed by atoms with E-state index in [1.165, 1.54) is 6.07 Å². The lowest BCUT2D eigenvalue weighted by Gasteiger charge is -2.09. The molecular weight excluding hydrogens is 296 g/mol. The van der Waals surface area contributed by atoms with E-state index in [-0.39, 0.29) is 12.3 Å². The van der Waals surface area contributed by atoms with Gasteiger partial charge in [-0.25, -0.2) is 8.78 Å². The van der Waals surface area contributed by atoms with Gasteiger partial charge < -0.3 is 5.32 Å². The van der Waals surface area contributed by atoms with Crippen molar-refractivity contribution in [3.63, 3.8) is 0 Å². The highest BCUT2D eigenvalue weighted by Crippen LogP contribution is 2.20. The summed E-state index contributed by atoms with van der Waals surface area (Å²) in [7, 11) is 0. The lowest BCUT2D eigenvalue weighted by molar-refractivity contribution is -0.116. The summed E-state index contributed by atoms with van der Waals surface area (Å²) in [5, 5.41) is 3.29. The first kappa shape index (κ1) is 15.4. The molecule has 0 fully saturated rings. The summed E-state index contributed by atoms with van der Waals surface area (Å²) in [6.45, 7) is 1.86. The molecule has 0 saturated heterocycles. The molecule has 2 aromatic carbocycles. The van der Waals surface area contributed by atoms with Gasteiger partial charge >= 0.3 is 0 Å². The van der Waals surface area contributed by atoms with Gasteiger partial charge in [-0.15, -0.1) is 0 Å². The maximum Gasteiger partial charge on any atom is 0.224 e. The lowest BCUT2D eigenvalue weighted by Crippen LogP contribution is -2.13. The Morgan fingerprint density at radius 1 is 1.14 bits per heavy atom. The molecule has 5 heteroatoms. The van der Waals surface area contributed by atoms with Gasteiger partial charge in [-0.05, 0) is 48.7 Å². The van der Waals surface area contributed by atoms with Gasteiger partial charge in [-0.3, -0.25) is 4.79 Å². The van der Waals surface area contributed by atoms with Crippen LogP contribution in [0, 0.1) is 18.6 Å². The third kappa shape index (κ3) is 4.26. The number of benzene rings is 2. The zero-order valence-electron chi connectivity index (χ0n) is 11.4. The molecule has 2 nitrogen and oxygen atoms in total. The van der Waals surface area contributed by atoms with Crippen molar-refractivity contribution >= 4 is 23.2 Å². The molecule has 0 saturated carbocycles. The monoisotopic (exact) mass is 309 g/mol. The Hall–Kier alpha value is -1.94. The zero-order chi connectivity index (χ0) is 15.4. The molecule has 0 spiro atoms. The molecule has 0 heterocycles. The van der Waals surface area contributed by atoms with Crippen molar-refractivity contribution in [2.24, 2.45) is 0 Å². The van der Waals surface area contributed by atoms with E-state index in [0.717, 1.165) is 17.7 Å². The second-order valence-corrected chi connectivity index (χ2v) is 5.19. The zero-order valence-corrected chi connectivity index (χ0v) is 12.2. The Morgan fingerprint density at radius 2 is 1.90 bits per heavy atom. The highest BCUT2D eigenvalue weighted by molar-refractivity contribution is 6.31. The number of rotatable bonds is 4. The Bertz CT molecular complexity index is 673. The van der Waals surface area contributed by atoms with Crippen molar-refractivity contribution in [3.8, 4) is 0 Å². The maximum atomic E-state index is 13.1. The molecule has 1 amide bonds. The number of halogens is 3. The lowest BCUT2D eigenvalue weighted by atomic mass is 10.1. The molecule has 0 aromatic heterocycles. The van der Waals surface area contributed by atoms with Crippen LogP contribution in [0.3, 0.4) is 0 Å². The molecule has 2 rings (SSSR count). The van der Waals surface area contributed by atoms with Crippen molar-refractivity contribution in [3.05, 3.63) is 64.2 Å². The largest absolute Gasteiger partial charge is 0.326 e. The highest BCUT2D eigenvalue weighted by Gasteiger charge is 2.08. The van der Waals surface area contributed by atoms with Crippen LogP contribution >= 0.6 is 11.6 Å². The van der Waals surface area contributed by atoms with E-state index in [2.05, 4.69) is 5.32 Å². The quantitative estimate of drug-likeness (QED) is 0.885. The summed E-state index contributed by atoms with van der Waals surface area (Å²) < 4.78 is 25.9. The van der Waals surface area contributed by atoms with Crippen LogP contribution in [0.2, 0.25) is 5.02 Å². The van der Waals surface area contributed by atoms with Gasteiger partial charge in [0.1, 0.15) is 0 Å². The topological polar surface area (TPSA) is 29.1 Å². The molecule has 110 valence electrons. The van der Waals surface area contributed by atoms with Crippen LogP contribution in [0.15, 0.2) is 36.4 Å². The first-order chi connectivity index (χ1) is 9.95. The molecule has 0 aliphatic carbocycles. The summed E-state index contributed by atoms with van der Waals surface area (Å²) >= 11 is 5.88. The molecule has 0 atom stereocenters. The predicted molar refractivity (Wildman–Crippen MR) is 79.5 cm³/mol. The number of carbonyl (C=O) groups is 1. The first-order valence-electron chi connectivity index (χ1n) is 6.45. The number of amides is 1. The number of nitrogens with one attached hydrogen (secondary N) is 1. The van der Waals surface area contributed by atoms with Crippen LogP contribution in [0.1, 0.15) is 17.5 Å². The van der Waals surface area contributed by atoms with Crippen LogP contribution < -0.4 is 5.32 Å². The minimum Gasteiger partial charge on any atom is -0.326 e. The minimum absolute atomic E-state index is 0.178. The minimum atomic E-state index is -0.904. The molecular formula is C16H14ClF2NO. The molecule has 0 unspecified atom stereocenters. The van der Waals surface area contributed by atoms with Gasteiger partial charge in [0.2, 0.25) is 5.91 Å². The number of carbonyl (C=O) groups excluding carboxylic acids is 1. The van der Waals surface area contributed by atoms with Gasteiger partial charge in [0.25, 0.3) is 0 Å². The summed E-state index contributed by atoms with van der Waals surface area (Å²) in [6, 6.07) is 8.86. The molecule has 2 aromatic rings. The van der Waals surface area contributed by atoms with Gasteiger partial charge in [-0.2, -0.15) is 0 Å². The van der Waals surface area contributed by atoms with Gasteiger partial charge in [-0.1, -0.05) is 23.7 Å².